The molecule has 2 saturated heterocycles. The van der Waals surface area contributed by atoms with Crippen LogP contribution in [-0.4, -0.2) is 64.8 Å². The zero-order valence-corrected chi connectivity index (χ0v) is 14.1. The van der Waals surface area contributed by atoms with Crippen LogP contribution in [0.5, 0.6) is 0 Å². The van der Waals surface area contributed by atoms with Crippen molar-refractivity contribution in [1.29, 1.82) is 0 Å². The number of halogens is 3. The molecular weight excluding hydrogens is 309 g/mol. The first-order valence-electron chi connectivity index (χ1n) is 8.35. The molecule has 7 heteroatoms. The van der Waals surface area contributed by atoms with E-state index in [-0.39, 0.29) is 31.8 Å². The Balaban J connectivity index is 1.94. The summed E-state index contributed by atoms with van der Waals surface area (Å²) in [5, 5.41) is 9.72. The van der Waals surface area contributed by atoms with Gasteiger partial charge in [0.1, 0.15) is 0 Å². The highest BCUT2D eigenvalue weighted by Gasteiger charge is 2.55. The molecule has 0 aromatic heterocycles. The van der Waals surface area contributed by atoms with Crippen molar-refractivity contribution < 1.29 is 23.1 Å². The van der Waals surface area contributed by atoms with Gasteiger partial charge >= 0.3 is 6.18 Å². The lowest BCUT2D eigenvalue weighted by Crippen LogP contribution is -2.58. The van der Waals surface area contributed by atoms with Crippen LogP contribution in [0.15, 0.2) is 0 Å². The van der Waals surface area contributed by atoms with E-state index in [0.717, 1.165) is 6.42 Å². The SMILES string of the molecule is CC1CC(C)CN(C(=O)C(C)N2CCC(O)(C(F)(F)F)CC2)C1. The summed E-state index contributed by atoms with van der Waals surface area (Å²) in [6.45, 7) is 7.59. The molecule has 1 amide bonds. The van der Waals surface area contributed by atoms with Gasteiger partial charge in [0, 0.05) is 26.2 Å². The number of piperidine rings is 2. The van der Waals surface area contributed by atoms with E-state index in [1.165, 1.54) is 0 Å². The summed E-state index contributed by atoms with van der Waals surface area (Å²) in [6, 6.07) is -0.440. The van der Waals surface area contributed by atoms with E-state index in [9.17, 15) is 23.1 Å². The number of alkyl halides is 3. The van der Waals surface area contributed by atoms with E-state index in [4.69, 9.17) is 0 Å². The van der Waals surface area contributed by atoms with Crippen LogP contribution in [0.2, 0.25) is 0 Å². The van der Waals surface area contributed by atoms with Crippen molar-refractivity contribution in [2.75, 3.05) is 26.2 Å². The fourth-order valence-electron chi connectivity index (χ4n) is 3.83. The van der Waals surface area contributed by atoms with Gasteiger partial charge < -0.3 is 10.0 Å². The Morgan fingerprint density at radius 2 is 1.65 bits per heavy atom. The molecule has 0 aliphatic carbocycles. The summed E-state index contributed by atoms with van der Waals surface area (Å²) in [4.78, 5) is 16.2. The molecule has 2 aliphatic heterocycles. The summed E-state index contributed by atoms with van der Waals surface area (Å²) in [7, 11) is 0. The van der Waals surface area contributed by atoms with Crippen molar-refractivity contribution in [2.24, 2.45) is 11.8 Å². The first-order chi connectivity index (χ1) is 10.5. The van der Waals surface area contributed by atoms with Crippen LogP contribution < -0.4 is 0 Å². The van der Waals surface area contributed by atoms with Crippen LogP contribution in [0, 0.1) is 11.8 Å². The number of amides is 1. The number of likely N-dealkylation sites (tertiary alicyclic amines) is 2. The van der Waals surface area contributed by atoms with Gasteiger partial charge in [0.2, 0.25) is 5.91 Å². The molecule has 0 aromatic rings. The summed E-state index contributed by atoms with van der Waals surface area (Å²) in [5.41, 5.74) is -2.61. The van der Waals surface area contributed by atoms with Gasteiger partial charge in [-0.05, 0) is 38.0 Å². The third-order valence-corrected chi connectivity index (χ3v) is 5.24. The highest BCUT2D eigenvalue weighted by molar-refractivity contribution is 5.81. The number of hydrogen-bond acceptors (Lipinski definition) is 3. The molecule has 2 aliphatic rings. The first-order valence-corrected chi connectivity index (χ1v) is 8.35. The van der Waals surface area contributed by atoms with Crippen LogP contribution in [0.1, 0.15) is 40.0 Å². The van der Waals surface area contributed by atoms with Gasteiger partial charge in [-0.25, -0.2) is 0 Å². The zero-order valence-electron chi connectivity index (χ0n) is 14.1. The predicted molar refractivity (Wildman–Crippen MR) is 80.8 cm³/mol. The average Bonchev–Trinajstić information content (AvgIpc) is 2.44. The van der Waals surface area contributed by atoms with Crippen molar-refractivity contribution in [2.45, 2.75) is 57.9 Å². The molecule has 134 valence electrons. The fraction of sp³-hybridized carbons (Fsp3) is 0.938. The molecule has 2 rings (SSSR count). The highest BCUT2D eigenvalue weighted by Crippen LogP contribution is 2.38. The highest BCUT2D eigenvalue weighted by atomic mass is 19.4. The van der Waals surface area contributed by atoms with Crippen molar-refractivity contribution in [3.63, 3.8) is 0 Å². The Kier molecular flexibility index (Phi) is 5.31. The van der Waals surface area contributed by atoms with Crippen LogP contribution in [0.4, 0.5) is 13.2 Å². The standard InChI is InChI=1S/C16H27F3N2O2/c1-11-8-12(2)10-21(9-11)14(22)13(3)20-6-4-15(23,5-7-20)16(17,18)19/h11-13,23H,4-10H2,1-3H3. The Labute approximate surface area is 135 Å². The van der Waals surface area contributed by atoms with Crippen molar-refractivity contribution >= 4 is 5.91 Å². The molecule has 3 unspecified atom stereocenters. The largest absolute Gasteiger partial charge is 0.417 e. The lowest BCUT2D eigenvalue weighted by molar-refractivity contribution is -0.273. The number of nitrogens with zero attached hydrogens (tertiary/aromatic N) is 2. The maximum Gasteiger partial charge on any atom is 0.417 e. The number of carbonyl (C=O) groups is 1. The Hall–Kier alpha value is -0.820. The predicted octanol–water partition coefficient (Wildman–Crippen LogP) is 2.27. The van der Waals surface area contributed by atoms with Crippen LogP contribution >= 0.6 is 0 Å². The van der Waals surface area contributed by atoms with Crippen LogP contribution in [0.3, 0.4) is 0 Å². The second-order valence-corrected chi connectivity index (χ2v) is 7.43. The van der Waals surface area contributed by atoms with E-state index in [1.807, 2.05) is 4.90 Å². The minimum atomic E-state index is -4.61. The lowest BCUT2D eigenvalue weighted by atomic mass is 9.89. The molecule has 0 radical (unpaired) electrons. The van der Waals surface area contributed by atoms with Gasteiger partial charge in [-0.3, -0.25) is 9.69 Å². The minimum Gasteiger partial charge on any atom is -0.380 e. The molecule has 0 bridgehead atoms. The molecule has 0 spiro atoms. The normalized spacial score (nSPS) is 31.0. The molecular formula is C16H27F3N2O2. The van der Waals surface area contributed by atoms with Gasteiger partial charge in [-0.1, -0.05) is 13.8 Å². The Bertz CT molecular complexity index is 424. The van der Waals surface area contributed by atoms with E-state index in [2.05, 4.69) is 13.8 Å². The number of carbonyl (C=O) groups excluding carboxylic acids is 1. The summed E-state index contributed by atoms with van der Waals surface area (Å²) in [5.74, 6) is 0.888. The van der Waals surface area contributed by atoms with Crippen molar-refractivity contribution in [3.05, 3.63) is 0 Å². The maximum absolute atomic E-state index is 12.8. The molecule has 3 atom stereocenters. The van der Waals surface area contributed by atoms with Gasteiger partial charge in [0.05, 0.1) is 6.04 Å². The molecule has 23 heavy (non-hydrogen) atoms. The third-order valence-electron chi connectivity index (χ3n) is 5.24. The Morgan fingerprint density at radius 3 is 2.09 bits per heavy atom. The number of hydrogen-bond donors (Lipinski definition) is 1. The molecule has 2 fully saturated rings. The zero-order chi connectivity index (χ0) is 17.4. The maximum atomic E-state index is 12.8. The van der Waals surface area contributed by atoms with Gasteiger partial charge in [0.15, 0.2) is 5.60 Å². The first kappa shape index (κ1) is 18.5. The number of rotatable bonds is 2. The quantitative estimate of drug-likeness (QED) is 0.841. The topological polar surface area (TPSA) is 43.8 Å². The van der Waals surface area contributed by atoms with Crippen molar-refractivity contribution in [3.8, 4) is 0 Å². The summed E-state index contributed by atoms with van der Waals surface area (Å²) in [6.07, 6.45) is -4.26. The van der Waals surface area contributed by atoms with Crippen molar-refractivity contribution in [1.82, 2.24) is 9.80 Å². The number of aliphatic hydroxyl groups is 1. The molecule has 0 saturated carbocycles. The Morgan fingerprint density at radius 1 is 1.17 bits per heavy atom. The van der Waals surface area contributed by atoms with Gasteiger partial charge in [-0.15, -0.1) is 0 Å². The van der Waals surface area contributed by atoms with Gasteiger partial charge in [0.25, 0.3) is 0 Å². The minimum absolute atomic E-state index is 0.0131. The van der Waals surface area contributed by atoms with Gasteiger partial charge in [-0.2, -0.15) is 13.2 Å². The second-order valence-electron chi connectivity index (χ2n) is 7.43. The van der Waals surface area contributed by atoms with Crippen LogP contribution in [0.25, 0.3) is 0 Å². The summed E-state index contributed by atoms with van der Waals surface area (Å²) >= 11 is 0. The monoisotopic (exact) mass is 336 g/mol. The van der Waals surface area contributed by atoms with Crippen LogP contribution in [-0.2, 0) is 4.79 Å². The van der Waals surface area contributed by atoms with E-state index in [0.29, 0.717) is 24.9 Å². The smallest absolute Gasteiger partial charge is 0.380 e. The average molecular weight is 336 g/mol. The lowest BCUT2D eigenvalue weighted by Gasteiger charge is -2.43. The van der Waals surface area contributed by atoms with E-state index >= 15 is 0 Å². The second kappa shape index (κ2) is 6.59. The third kappa shape index (κ3) is 3.99. The summed E-state index contributed by atoms with van der Waals surface area (Å²) < 4.78 is 38.5. The van der Waals surface area contributed by atoms with E-state index in [1.54, 1.807) is 11.8 Å². The molecule has 4 nitrogen and oxygen atoms in total. The molecule has 1 N–H and O–H groups in total. The molecule has 0 aromatic carbocycles. The molecule has 2 heterocycles. The van der Waals surface area contributed by atoms with E-state index < -0.39 is 17.8 Å². The fourth-order valence-corrected chi connectivity index (χ4v) is 3.83.